The van der Waals surface area contributed by atoms with Crippen LogP contribution >= 0.6 is 0 Å². The molecule has 1 aliphatic rings. The van der Waals surface area contributed by atoms with E-state index in [2.05, 4.69) is 20.8 Å². The lowest BCUT2D eigenvalue weighted by Gasteiger charge is -2.24. The lowest BCUT2D eigenvalue weighted by molar-refractivity contribution is 0.0952. The normalized spacial score (nSPS) is 13.9. The number of nitrogens with zero attached hydrogens (tertiary/aromatic N) is 2. The number of anilines is 1. The van der Waals surface area contributed by atoms with Crippen LogP contribution in [-0.4, -0.2) is 23.1 Å². The lowest BCUT2D eigenvalue weighted by atomic mass is 9.82. The third-order valence-corrected chi connectivity index (χ3v) is 4.47. The topological polar surface area (TPSA) is 66.4 Å². The largest absolute Gasteiger partial charge is 0.352 e. The lowest BCUT2D eigenvalue weighted by Crippen LogP contribution is -2.24. The second kappa shape index (κ2) is 10.1. The van der Waals surface area contributed by atoms with Crippen LogP contribution in [0.25, 0.3) is 0 Å². The van der Waals surface area contributed by atoms with Crippen molar-refractivity contribution in [2.24, 2.45) is 11.0 Å². The number of carbonyl (C=O) groups is 1. The van der Waals surface area contributed by atoms with Crippen LogP contribution in [0.3, 0.4) is 0 Å². The highest BCUT2D eigenvalue weighted by Crippen LogP contribution is 2.30. The van der Waals surface area contributed by atoms with Gasteiger partial charge in [-0.05, 0) is 38.3 Å². The smallest absolute Gasteiger partial charge is 0.252 e. The van der Waals surface area contributed by atoms with Gasteiger partial charge in [-0.2, -0.15) is 5.10 Å². The molecule has 5 heteroatoms. The molecular formula is C19H30N4O. The van der Waals surface area contributed by atoms with Crippen molar-refractivity contribution in [1.29, 1.82) is 0 Å². The van der Waals surface area contributed by atoms with Crippen molar-refractivity contribution in [3.05, 3.63) is 23.9 Å². The minimum Gasteiger partial charge on any atom is -0.352 e. The predicted molar refractivity (Wildman–Crippen MR) is 99.4 cm³/mol. The number of unbranched alkanes of at least 4 members (excludes halogenated alkanes) is 3. The van der Waals surface area contributed by atoms with Gasteiger partial charge in [0.15, 0.2) is 0 Å². The van der Waals surface area contributed by atoms with E-state index in [0.29, 0.717) is 11.4 Å². The quantitative estimate of drug-likeness (QED) is 0.380. The van der Waals surface area contributed by atoms with Crippen molar-refractivity contribution < 1.29 is 4.79 Å². The van der Waals surface area contributed by atoms with Crippen LogP contribution in [0.15, 0.2) is 23.4 Å². The molecule has 24 heavy (non-hydrogen) atoms. The highest BCUT2D eigenvalue weighted by atomic mass is 16.1. The van der Waals surface area contributed by atoms with E-state index >= 15 is 0 Å². The number of rotatable bonds is 10. The Balaban J connectivity index is 1.57. The Hall–Kier alpha value is -1.91. The first-order valence-electron chi connectivity index (χ1n) is 9.16. The summed E-state index contributed by atoms with van der Waals surface area (Å²) in [4.78, 5) is 16.2. The van der Waals surface area contributed by atoms with Gasteiger partial charge in [0.1, 0.15) is 5.82 Å². The molecule has 0 saturated heterocycles. The number of hydrazone groups is 1. The second-order valence-corrected chi connectivity index (χ2v) is 6.86. The second-order valence-electron chi connectivity index (χ2n) is 6.86. The van der Waals surface area contributed by atoms with Crippen LogP contribution in [0.4, 0.5) is 5.82 Å². The minimum absolute atomic E-state index is 0.0568. The number of hydrogen-bond donors (Lipinski definition) is 2. The Labute approximate surface area is 145 Å². The first-order valence-corrected chi connectivity index (χ1v) is 9.16. The summed E-state index contributed by atoms with van der Waals surface area (Å²) in [7, 11) is 0. The first kappa shape index (κ1) is 18.4. The van der Waals surface area contributed by atoms with E-state index in [4.69, 9.17) is 0 Å². The molecule has 1 fully saturated rings. The molecule has 1 aromatic heterocycles. The summed E-state index contributed by atoms with van der Waals surface area (Å²) in [5.41, 5.74) is 4.35. The monoisotopic (exact) mass is 330 g/mol. The maximum absolute atomic E-state index is 12.0. The molecule has 1 amide bonds. The maximum Gasteiger partial charge on any atom is 0.252 e. The molecule has 5 nitrogen and oxygen atoms in total. The van der Waals surface area contributed by atoms with E-state index in [1.807, 2.05) is 13.8 Å². The van der Waals surface area contributed by atoms with Crippen molar-refractivity contribution >= 4 is 17.4 Å². The molecule has 1 aliphatic carbocycles. The summed E-state index contributed by atoms with van der Waals surface area (Å²) < 4.78 is 0. The van der Waals surface area contributed by atoms with Crippen molar-refractivity contribution in [2.75, 3.05) is 12.0 Å². The molecule has 2 rings (SSSR count). The average molecular weight is 330 g/mol. The molecule has 0 radical (unpaired) electrons. The van der Waals surface area contributed by atoms with Crippen molar-refractivity contribution in [3.63, 3.8) is 0 Å². The molecule has 2 N–H and O–H groups in total. The fraction of sp³-hybridized carbons (Fsp3) is 0.632. The first-order chi connectivity index (χ1) is 11.6. The summed E-state index contributed by atoms with van der Waals surface area (Å²) in [5, 5.41) is 7.04. The van der Waals surface area contributed by atoms with Crippen molar-refractivity contribution in [1.82, 2.24) is 10.3 Å². The highest BCUT2D eigenvalue weighted by molar-refractivity contribution is 5.94. The zero-order valence-electron chi connectivity index (χ0n) is 15.0. The van der Waals surface area contributed by atoms with E-state index in [0.717, 1.165) is 24.6 Å². The van der Waals surface area contributed by atoms with Crippen LogP contribution in [-0.2, 0) is 0 Å². The van der Waals surface area contributed by atoms with Gasteiger partial charge in [-0.3, -0.25) is 10.2 Å². The zero-order chi connectivity index (χ0) is 17.2. The van der Waals surface area contributed by atoms with Crippen LogP contribution in [0.2, 0.25) is 0 Å². The number of aromatic nitrogens is 1. The average Bonchev–Trinajstić information content (AvgIpc) is 2.54. The summed E-state index contributed by atoms with van der Waals surface area (Å²) in [6, 6.07) is 3.53. The van der Waals surface area contributed by atoms with Gasteiger partial charge in [-0.1, -0.05) is 44.9 Å². The molecule has 132 valence electrons. The minimum atomic E-state index is -0.0568. The number of pyridine rings is 1. The summed E-state index contributed by atoms with van der Waals surface area (Å²) in [6.45, 7) is 4.55. The molecule has 0 unspecified atom stereocenters. The van der Waals surface area contributed by atoms with Crippen molar-refractivity contribution in [2.45, 2.75) is 65.2 Å². The van der Waals surface area contributed by atoms with Gasteiger partial charge >= 0.3 is 0 Å². The van der Waals surface area contributed by atoms with Gasteiger partial charge in [0.2, 0.25) is 0 Å². The molecular weight excluding hydrogens is 300 g/mol. The number of carbonyl (C=O) groups excluding carboxylic acids is 1. The van der Waals surface area contributed by atoms with Crippen LogP contribution in [0.5, 0.6) is 0 Å². The fourth-order valence-corrected chi connectivity index (χ4v) is 2.76. The van der Waals surface area contributed by atoms with Gasteiger partial charge in [-0.15, -0.1) is 0 Å². The standard InChI is InChI=1S/C19H30N4O/c1-15(2)22-23-18-12-11-17(14-21-18)19(24)20-13-6-4-3-5-8-16-9-7-10-16/h11-12,14,16H,3-10,13H2,1-2H3,(H,20,24)(H,21,23). The Bertz CT molecular complexity index is 531. The van der Waals surface area contributed by atoms with Gasteiger partial charge in [0, 0.05) is 18.5 Å². The number of amides is 1. The Morgan fingerprint density at radius 2 is 2.00 bits per heavy atom. The number of hydrogen-bond acceptors (Lipinski definition) is 4. The summed E-state index contributed by atoms with van der Waals surface area (Å²) in [6.07, 6.45) is 12.2. The SMILES string of the molecule is CC(C)=NNc1ccc(C(=O)NCCCCCCC2CCC2)cn1. The van der Waals surface area contributed by atoms with E-state index in [9.17, 15) is 4.79 Å². The van der Waals surface area contributed by atoms with Gasteiger partial charge in [0.25, 0.3) is 5.91 Å². The Morgan fingerprint density at radius 1 is 1.21 bits per heavy atom. The van der Waals surface area contributed by atoms with E-state index < -0.39 is 0 Å². The molecule has 0 aliphatic heterocycles. The molecule has 1 heterocycles. The Kier molecular flexibility index (Phi) is 7.72. The van der Waals surface area contributed by atoms with Gasteiger partial charge < -0.3 is 5.32 Å². The molecule has 1 aromatic rings. The van der Waals surface area contributed by atoms with Crippen molar-refractivity contribution in [3.8, 4) is 0 Å². The zero-order valence-corrected chi connectivity index (χ0v) is 15.0. The van der Waals surface area contributed by atoms with Crippen LogP contribution in [0.1, 0.15) is 75.6 Å². The Morgan fingerprint density at radius 3 is 2.62 bits per heavy atom. The van der Waals surface area contributed by atoms with E-state index in [1.54, 1.807) is 18.3 Å². The van der Waals surface area contributed by atoms with Crippen LogP contribution in [0, 0.1) is 5.92 Å². The van der Waals surface area contributed by atoms with Gasteiger partial charge in [0.05, 0.1) is 5.56 Å². The van der Waals surface area contributed by atoms with E-state index in [1.165, 1.54) is 44.9 Å². The number of nitrogens with one attached hydrogen (secondary N) is 2. The summed E-state index contributed by atoms with van der Waals surface area (Å²) in [5.74, 6) is 1.60. The molecule has 0 aromatic carbocycles. The molecule has 0 atom stereocenters. The highest BCUT2D eigenvalue weighted by Gasteiger charge is 2.16. The predicted octanol–water partition coefficient (Wildman–Crippen LogP) is 4.37. The molecule has 1 saturated carbocycles. The molecule has 0 spiro atoms. The summed E-state index contributed by atoms with van der Waals surface area (Å²) >= 11 is 0. The third kappa shape index (κ3) is 6.69. The molecule has 0 bridgehead atoms. The van der Waals surface area contributed by atoms with E-state index in [-0.39, 0.29) is 5.91 Å². The maximum atomic E-state index is 12.0. The fourth-order valence-electron chi connectivity index (χ4n) is 2.76. The van der Waals surface area contributed by atoms with Gasteiger partial charge in [-0.25, -0.2) is 4.98 Å². The van der Waals surface area contributed by atoms with Crippen LogP contribution < -0.4 is 10.7 Å². The third-order valence-electron chi connectivity index (χ3n) is 4.47.